The molecule has 9 heteroatoms. The normalized spacial score (nSPS) is 14.2. The zero-order valence-electron chi connectivity index (χ0n) is 19.3. The molecule has 2 N–H and O–H groups in total. The standard InChI is InChI=1S/C26H22N4O5/c1-14-20(12-16-13-29(15(2)26(34)35-3)21-7-5-4-6-19(16)21)24(32)27-23-22(14)25(33)30(28-23)17-8-10-18(31)11-9-17/h4-13,15,31H,1-3H3,(H,27,28,32)/b20-12-. The molecule has 5 rings (SSSR count). The van der Waals surface area contributed by atoms with E-state index >= 15 is 0 Å². The molecule has 35 heavy (non-hydrogen) atoms. The monoisotopic (exact) mass is 470 g/mol. The lowest BCUT2D eigenvalue weighted by atomic mass is 10.1. The number of hydrogen-bond donors (Lipinski definition) is 2. The van der Waals surface area contributed by atoms with Crippen LogP contribution in [0.5, 0.6) is 5.75 Å². The van der Waals surface area contributed by atoms with Crippen molar-refractivity contribution in [3.05, 3.63) is 92.5 Å². The Balaban J connectivity index is 1.66. The van der Waals surface area contributed by atoms with E-state index in [4.69, 9.17) is 4.74 Å². The summed E-state index contributed by atoms with van der Waals surface area (Å²) in [6.07, 6.45) is 3.51. The van der Waals surface area contributed by atoms with Crippen LogP contribution in [0, 0.1) is 6.92 Å². The molecule has 1 amide bonds. The molecular formula is C26H22N4O5. The Kier molecular flexibility index (Phi) is 5.24. The van der Waals surface area contributed by atoms with Gasteiger partial charge in [0.1, 0.15) is 11.8 Å². The Morgan fingerprint density at radius 2 is 1.86 bits per heavy atom. The lowest BCUT2D eigenvalue weighted by Crippen LogP contribution is -2.38. The van der Waals surface area contributed by atoms with E-state index in [1.165, 1.54) is 24.3 Å². The number of pyridine rings is 1. The van der Waals surface area contributed by atoms with Crippen LogP contribution < -0.4 is 21.3 Å². The Labute approximate surface area is 199 Å². The first-order valence-corrected chi connectivity index (χ1v) is 10.9. The summed E-state index contributed by atoms with van der Waals surface area (Å²) in [5.41, 5.74) is 2.61. The lowest BCUT2D eigenvalue weighted by Gasteiger charge is -2.12. The van der Waals surface area contributed by atoms with E-state index in [-0.39, 0.29) is 28.7 Å². The third kappa shape index (κ3) is 3.57. The number of carbonyl (C=O) groups excluding carboxylic acids is 2. The van der Waals surface area contributed by atoms with E-state index in [9.17, 15) is 19.5 Å². The molecular weight excluding hydrogens is 448 g/mol. The molecule has 0 spiro atoms. The molecule has 0 bridgehead atoms. The number of ether oxygens (including phenoxy) is 1. The second-order valence-electron chi connectivity index (χ2n) is 8.30. The average Bonchev–Trinajstić information content (AvgIpc) is 3.39. The smallest absolute Gasteiger partial charge is 0.328 e. The summed E-state index contributed by atoms with van der Waals surface area (Å²) in [6.45, 7) is 3.46. The quantitative estimate of drug-likeness (QED) is 0.443. The molecule has 1 atom stereocenters. The fourth-order valence-electron chi connectivity index (χ4n) is 4.36. The maximum absolute atomic E-state index is 13.2. The van der Waals surface area contributed by atoms with Crippen molar-refractivity contribution in [2.24, 2.45) is 5.10 Å². The zero-order valence-corrected chi connectivity index (χ0v) is 19.3. The molecule has 3 heterocycles. The van der Waals surface area contributed by atoms with Crippen molar-refractivity contribution < 1.29 is 19.4 Å². The second-order valence-corrected chi connectivity index (χ2v) is 8.30. The van der Waals surface area contributed by atoms with E-state index in [0.29, 0.717) is 22.0 Å². The summed E-state index contributed by atoms with van der Waals surface area (Å²) < 4.78 is 6.71. The number of H-pyrrole nitrogens is 1. The number of rotatable bonds is 4. The number of aromatic amines is 1. The van der Waals surface area contributed by atoms with Gasteiger partial charge in [0.05, 0.1) is 18.4 Å². The van der Waals surface area contributed by atoms with E-state index in [1.807, 2.05) is 24.3 Å². The summed E-state index contributed by atoms with van der Waals surface area (Å²) in [4.78, 5) is 41.2. The summed E-state index contributed by atoms with van der Waals surface area (Å²) in [7, 11) is 1.34. The molecule has 1 unspecified atom stereocenters. The first kappa shape index (κ1) is 22.1. The van der Waals surface area contributed by atoms with Crippen LogP contribution in [0.3, 0.4) is 0 Å². The molecule has 1 aliphatic heterocycles. The van der Waals surface area contributed by atoms with Gasteiger partial charge >= 0.3 is 5.97 Å². The van der Waals surface area contributed by atoms with Gasteiger partial charge in [-0.15, -0.1) is 5.10 Å². The first-order chi connectivity index (χ1) is 16.8. The van der Waals surface area contributed by atoms with Crippen molar-refractivity contribution >= 4 is 34.5 Å². The number of fused-ring (bicyclic) bond motifs is 2. The van der Waals surface area contributed by atoms with Crippen molar-refractivity contribution in [2.45, 2.75) is 19.9 Å². The van der Waals surface area contributed by atoms with Crippen molar-refractivity contribution in [3.8, 4) is 5.75 Å². The number of esters is 1. The fraction of sp³-hybridized carbons (Fsp3) is 0.154. The van der Waals surface area contributed by atoms with E-state index in [1.54, 1.807) is 42.8 Å². The molecule has 2 aromatic heterocycles. The second kappa shape index (κ2) is 8.28. The van der Waals surface area contributed by atoms with Gasteiger partial charge in [0.2, 0.25) is 0 Å². The predicted molar refractivity (Wildman–Crippen MR) is 130 cm³/mol. The topological polar surface area (TPSA) is 117 Å². The van der Waals surface area contributed by atoms with Crippen LogP contribution >= 0.6 is 0 Å². The number of anilines is 1. The summed E-state index contributed by atoms with van der Waals surface area (Å²) in [6, 6.07) is 13.0. The molecule has 0 radical (unpaired) electrons. The van der Waals surface area contributed by atoms with Crippen LogP contribution in [0.25, 0.3) is 17.0 Å². The van der Waals surface area contributed by atoms with Crippen LogP contribution in [0.1, 0.15) is 34.5 Å². The van der Waals surface area contributed by atoms with Crippen molar-refractivity contribution in [3.63, 3.8) is 0 Å². The molecule has 1 aliphatic rings. The molecule has 176 valence electrons. The SMILES string of the molecule is COC(=O)C(C)n1cc(/C=c2/c(C)c3c([nH]c2=O)=NN(c2ccc(O)cc2)C3=O)c2ccccc21. The number of methoxy groups -OCH3 is 1. The Morgan fingerprint density at radius 1 is 1.14 bits per heavy atom. The van der Waals surface area contributed by atoms with Gasteiger partial charge in [-0.3, -0.25) is 9.59 Å². The molecule has 0 saturated heterocycles. The summed E-state index contributed by atoms with van der Waals surface area (Å²) in [5.74, 6) is -0.693. The minimum atomic E-state index is -0.564. The van der Waals surface area contributed by atoms with Gasteiger partial charge in [0.15, 0.2) is 5.49 Å². The fourth-order valence-corrected chi connectivity index (χ4v) is 4.36. The molecule has 0 fully saturated rings. The Hall–Kier alpha value is -4.66. The average molecular weight is 470 g/mol. The van der Waals surface area contributed by atoms with Crippen molar-refractivity contribution in [1.29, 1.82) is 0 Å². The number of aromatic nitrogens is 2. The van der Waals surface area contributed by atoms with Gasteiger partial charge in [-0.05, 0) is 55.8 Å². The number of nitrogens with one attached hydrogen (secondary N) is 1. The van der Waals surface area contributed by atoms with Gasteiger partial charge in [-0.1, -0.05) is 18.2 Å². The van der Waals surface area contributed by atoms with E-state index < -0.39 is 6.04 Å². The summed E-state index contributed by atoms with van der Waals surface area (Å²) in [5, 5.41) is 16.2. The maximum atomic E-state index is 13.2. The summed E-state index contributed by atoms with van der Waals surface area (Å²) >= 11 is 0. The highest BCUT2D eigenvalue weighted by molar-refractivity contribution is 6.08. The van der Waals surface area contributed by atoms with Crippen LogP contribution in [-0.2, 0) is 9.53 Å². The largest absolute Gasteiger partial charge is 0.508 e. The molecule has 0 saturated carbocycles. The van der Waals surface area contributed by atoms with Crippen molar-refractivity contribution in [1.82, 2.24) is 9.55 Å². The highest BCUT2D eigenvalue weighted by atomic mass is 16.5. The Morgan fingerprint density at radius 3 is 2.57 bits per heavy atom. The van der Waals surface area contributed by atoms with Gasteiger partial charge in [0, 0.05) is 27.9 Å². The lowest BCUT2D eigenvalue weighted by molar-refractivity contribution is -0.143. The maximum Gasteiger partial charge on any atom is 0.328 e. The zero-order chi connectivity index (χ0) is 24.9. The molecule has 0 aliphatic carbocycles. The van der Waals surface area contributed by atoms with Gasteiger partial charge < -0.3 is 19.4 Å². The Bertz CT molecular complexity index is 1680. The number of nitrogens with zero attached hydrogens (tertiary/aromatic N) is 3. The number of aromatic hydroxyl groups is 1. The predicted octanol–water partition coefficient (Wildman–Crippen LogP) is 2.10. The highest BCUT2D eigenvalue weighted by Gasteiger charge is 2.28. The molecule has 9 nitrogen and oxygen atoms in total. The van der Waals surface area contributed by atoms with Crippen LogP contribution in [-0.4, -0.2) is 33.6 Å². The van der Waals surface area contributed by atoms with Crippen LogP contribution in [0.4, 0.5) is 5.69 Å². The number of benzene rings is 2. The number of para-hydroxylation sites is 1. The number of carbonyl (C=O) groups is 2. The van der Waals surface area contributed by atoms with Gasteiger partial charge in [-0.2, -0.15) is 5.01 Å². The number of phenols is 1. The number of hydrogen-bond acceptors (Lipinski definition) is 6. The van der Waals surface area contributed by atoms with Crippen molar-refractivity contribution in [2.75, 3.05) is 12.1 Å². The van der Waals surface area contributed by atoms with E-state index in [0.717, 1.165) is 16.5 Å². The number of amides is 1. The van der Waals surface area contributed by atoms with Crippen LogP contribution in [0.2, 0.25) is 0 Å². The third-order valence-electron chi connectivity index (χ3n) is 6.22. The first-order valence-electron chi connectivity index (χ1n) is 10.9. The highest BCUT2D eigenvalue weighted by Crippen LogP contribution is 2.26. The third-order valence-corrected chi connectivity index (χ3v) is 6.22. The minimum absolute atomic E-state index is 0.0695. The van der Waals surface area contributed by atoms with E-state index in [2.05, 4.69) is 10.1 Å². The minimum Gasteiger partial charge on any atom is -0.508 e. The van der Waals surface area contributed by atoms with Gasteiger partial charge in [0.25, 0.3) is 11.5 Å². The van der Waals surface area contributed by atoms with Crippen LogP contribution in [0.15, 0.2) is 64.6 Å². The van der Waals surface area contributed by atoms with Gasteiger partial charge in [-0.25, -0.2) is 4.79 Å². The molecule has 2 aromatic carbocycles. The number of phenolic OH excluding ortho intramolecular Hbond substituents is 1. The molecule has 4 aromatic rings.